The van der Waals surface area contributed by atoms with Gasteiger partial charge in [-0.1, -0.05) is 37.1 Å². The lowest BCUT2D eigenvalue weighted by atomic mass is 10.0. The highest BCUT2D eigenvalue weighted by Crippen LogP contribution is 2.31. The second kappa shape index (κ2) is 37.4. The van der Waals surface area contributed by atoms with Crippen LogP contribution in [0.15, 0.2) is 109 Å². The number of unbranched alkanes of at least 4 members (excludes halogenated alkanes) is 4. The number of rotatable bonds is 38. The lowest BCUT2D eigenvalue weighted by Crippen LogP contribution is -2.55. The van der Waals surface area contributed by atoms with E-state index in [0.29, 0.717) is 49.7 Å². The molecule has 6 rings (SSSR count). The maximum atomic E-state index is 13.6. The van der Waals surface area contributed by atoms with Crippen LogP contribution in [0.1, 0.15) is 114 Å². The third kappa shape index (κ3) is 24.4. The minimum absolute atomic E-state index is 0.0348. The van der Waals surface area contributed by atoms with Crippen molar-refractivity contribution < 1.29 is 91.2 Å². The summed E-state index contributed by atoms with van der Waals surface area (Å²) in [6.07, 6.45) is 4.59. The molecule has 14 amide bonds. The van der Waals surface area contributed by atoms with Gasteiger partial charge in [0.25, 0.3) is 35.0 Å². The summed E-state index contributed by atoms with van der Waals surface area (Å²) in [7, 11) is 0. The normalized spacial score (nSPS) is 14.0. The van der Waals surface area contributed by atoms with Gasteiger partial charge in [-0.25, -0.2) is 4.79 Å². The van der Waals surface area contributed by atoms with Crippen molar-refractivity contribution >= 4 is 112 Å². The van der Waals surface area contributed by atoms with Crippen molar-refractivity contribution in [3.8, 4) is 11.5 Å². The molecule has 2 heterocycles. The van der Waals surface area contributed by atoms with Gasteiger partial charge >= 0.3 is 6.16 Å². The monoisotopic (exact) mass is 1410 g/mol. The van der Waals surface area contributed by atoms with Crippen LogP contribution in [0.25, 0.3) is 0 Å². The number of hydrogen-bond donors (Lipinski definition) is 10. The Bertz CT molecular complexity index is 3700. The first-order chi connectivity index (χ1) is 48.3. The molecule has 35 nitrogen and oxygen atoms in total. The fraction of sp³-hybridized carbons (Fsp3) is 0.358. The Balaban J connectivity index is 1.00. The van der Waals surface area contributed by atoms with Crippen LogP contribution in [-0.2, 0) is 80.0 Å². The number of non-ortho nitro benzene ring substituents is 2. The number of carbonyl (C=O) groups excluding carboxylic acids is 15. The molecule has 35 heteroatoms. The molecule has 4 aromatic carbocycles. The maximum Gasteiger partial charge on any atom is 0.519 e. The zero-order chi connectivity index (χ0) is 74.9. The number of primary amides is 2. The molecule has 0 fully saturated rings. The molecule has 12 N–H and O–H groups in total. The molecule has 2 aliphatic heterocycles. The lowest BCUT2D eigenvalue weighted by molar-refractivity contribution is -0.385. The summed E-state index contributed by atoms with van der Waals surface area (Å²) in [5, 5.41) is 43.6. The summed E-state index contributed by atoms with van der Waals surface area (Å²) in [6, 6.07) is 10.5. The van der Waals surface area contributed by atoms with E-state index in [1.54, 1.807) is 0 Å². The summed E-state index contributed by atoms with van der Waals surface area (Å²) in [5.74, 6) is -9.96. The van der Waals surface area contributed by atoms with Gasteiger partial charge < -0.3 is 63.5 Å². The van der Waals surface area contributed by atoms with Crippen LogP contribution < -0.4 is 63.5 Å². The smallest absolute Gasteiger partial charge is 0.394 e. The van der Waals surface area contributed by atoms with E-state index in [1.807, 2.05) is 0 Å². The van der Waals surface area contributed by atoms with E-state index in [1.165, 1.54) is 101 Å². The van der Waals surface area contributed by atoms with Crippen molar-refractivity contribution in [2.75, 3.05) is 23.7 Å². The van der Waals surface area contributed by atoms with Gasteiger partial charge in [-0.15, -0.1) is 0 Å². The Morgan fingerprint density at radius 3 is 1.08 bits per heavy atom. The predicted molar refractivity (Wildman–Crippen MR) is 359 cm³/mol. The second-order valence-electron chi connectivity index (χ2n) is 23.7. The Labute approximate surface area is 581 Å². The molecule has 6 atom stereocenters. The largest absolute Gasteiger partial charge is 0.519 e. The van der Waals surface area contributed by atoms with Crippen molar-refractivity contribution in [1.29, 1.82) is 0 Å². The van der Waals surface area contributed by atoms with E-state index < -0.39 is 159 Å². The number of benzene rings is 4. The van der Waals surface area contributed by atoms with Crippen LogP contribution in [0, 0.1) is 20.2 Å². The van der Waals surface area contributed by atoms with Crippen molar-refractivity contribution in [3.63, 3.8) is 0 Å². The molecule has 0 saturated heterocycles. The number of ether oxygens (including phenoxy) is 2. The van der Waals surface area contributed by atoms with Gasteiger partial charge in [0.2, 0.25) is 59.1 Å². The molecule has 0 bridgehead atoms. The van der Waals surface area contributed by atoms with E-state index >= 15 is 0 Å². The van der Waals surface area contributed by atoms with Gasteiger partial charge in [0, 0.05) is 110 Å². The van der Waals surface area contributed by atoms with E-state index in [-0.39, 0.29) is 72.8 Å². The van der Waals surface area contributed by atoms with Crippen molar-refractivity contribution in [3.05, 3.63) is 152 Å². The molecule has 4 aromatic rings. The Morgan fingerprint density at radius 1 is 0.431 bits per heavy atom. The maximum absolute atomic E-state index is 13.6. The quantitative estimate of drug-likeness (QED) is 0.00764. The third-order valence-corrected chi connectivity index (χ3v) is 15.6. The molecule has 0 spiro atoms. The zero-order valence-electron chi connectivity index (χ0n) is 55.8. The third-order valence-electron chi connectivity index (χ3n) is 15.6. The number of imide groups is 2. The fourth-order valence-corrected chi connectivity index (χ4v) is 10.1. The van der Waals surface area contributed by atoms with Crippen LogP contribution in [0.5, 0.6) is 11.5 Å². The van der Waals surface area contributed by atoms with E-state index in [4.69, 9.17) is 20.9 Å². The Morgan fingerprint density at radius 2 is 0.755 bits per heavy atom. The van der Waals surface area contributed by atoms with Gasteiger partial charge in [0.05, 0.1) is 22.7 Å². The first-order valence-corrected chi connectivity index (χ1v) is 32.0. The van der Waals surface area contributed by atoms with Crippen molar-refractivity contribution in [1.82, 2.24) is 41.7 Å². The van der Waals surface area contributed by atoms with Crippen molar-refractivity contribution in [2.45, 2.75) is 141 Å². The predicted octanol–water partition coefficient (Wildman–Crippen LogP) is 1.85. The summed E-state index contributed by atoms with van der Waals surface area (Å²) in [5.41, 5.74) is 11.4. The fourth-order valence-electron chi connectivity index (χ4n) is 10.1. The second-order valence-corrected chi connectivity index (χ2v) is 23.7. The highest BCUT2D eigenvalue weighted by Gasteiger charge is 2.31. The summed E-state index contributed by atoms with van der Waals surface area (Å²) >= 11 is 0. The molecule has 0 radical (unpaired) electrons. The average Bonchev–Trinajstić information content (AvgIpc) is 1.13. The molecule has 102 heavy (non-hydrogen) atoms. The van der Waals surface area contributed by atoms with Crippen LogP contribution in [0.3, 0.4) is 0 Å². The number of nitrogens with one attached hydrogen (secondary N) is 8. The first kappa shape index (κ1) is 78.4. The topological polar surface area (TPSA) is 516 Å². The Kier molecular flexibility index (Phi) is 28.7. The molecule has 540 valence electrons. The number of nitro benzene ring substituents is 2. The number of anilines is 2. The first-order valence-electron chi connectivity index (χ1n) is 32.0. The molecule has 0 saturated carbocycles. The highest BCUT2D eigenvalue weighted by atomic mass is 16.7. The van der Waals surface area contributed by atoms with Crippen LogP contribution in [0.2, 0.25) is 0 Å². The molecular weight excluding hydrogens is 1340 g/mol. The number of carbonyl (C=O) groups is 15. The summed E-state index contributed by atoms with van der Waals surface area (Å²) < 4.78 is 11.1. The lowest BCUT2D eigenvalue weighted by Gasteiger charge is -2.22. The van der Waals surface area contributed by atoms with E-state index in [0.717, 1.165) is 46.2 Å². The number of nitrogens with two attached hydrogens (primary N) is 2. The van der Waals surface area contributed by atoms with Crippen LogP contribution in [0.4, 0.5) is 27.5 Å². The van der Waals surface area contributed by atoms with Gasteiger partial charge in [-0.2, -0.15) is 0 Å². The molecule has 0 aliphatic carbocycles. The van der Waals surface area contributed by atoms with Gasteiger partial charge in [0.15, 0.2) is 0 Å². The number of hydrogen-bond acceptors (Lipinski definition) is 21. The minimum Gasteiger partial charge on any atom is -0.394 e. The van der Waals surface area contributed by atoms with Crippen molar-refractivity contribution in [2.24, 2.45) is 11.5 Å². The zero-order valence-corrected chi connectivity index (χ0v) is 55.8. The standard InChI is InChI=1S/C67H76N14O21/c1-37(70-55(84)11-7-5-9-29-78-57(86)25-26-58(78)87)61(90)72-39(3)63(92)76-49(35-53(68)82)65(94)74-45-17-13-41(14-18-45)31-43-33-47(80(97)98)21-23-51(43)101-67(96)102-52-24-22-48(81(99)100)34-44(52)32-42-15-19-46(20-16-42)75-66(95)50(36-54(69)83)77-64(93)40(4)73-62(91)38(2)71-56(85)12-8-6-10-30-79-59(88)27-28-60(79)89/h13-28,33-34,37-40,49-50H,5-12,29-32,35-36H2,1-4H3,(H2,68,82)(H2,69,83)(H,70,84)(H,71,85)(H,72,90)(H,73,91)(H,74,94)(H,75,95)(H,76,92)(H,77,93)/t37-,38-,39-,40-,49-,50-/m0/s1. The number of nitro groups is 2. The SMILES string of the molecule is C[C@H](NC(=O)CCCCCN1C(=O)C=CC1=O)C(=O)N[C@@H](C)C(=O)N[C@@H](CC(N)=O)C(=O)Nc1ccc(Cc2cc([N+](=O)[O-])ccc2OC(=O)Oc2ccc([N+](=O)[O-])cc2Cc2ccc(NC(=O)[C@H](CC(N)=O)NC(=O)[C@H](C)NC(=O)[C@H](C)NC(=O)CCCCCN3C(=O)C=CC3=O)cc2)cc1. The highest BCUT2D eigenvalue weighted by molar-refractivity contribution is 6.13. The van der Waals surface area contributed by atoms with E-state index in [9.17, 15) is 92.1 Å². The van der Waals surface area contributed by atoms with E-state index in [2.05, 4.69) is 42.5 Å². The minimum atomic E-state index is -1.54. The molecule has 2 aliphatic rings. The summed E-state index contributed by atoms with van der Waals surface area (Å²) in [4.78, 5) is 214. The van der Waals surface area contributed by atoms with Gasteiger partial charge in [-0.05, 0) is 101 Å². The van der Waals surface area contributed by atoms with Crippen LogP contribution >= 0.6 is 0 Å². The number of amides is 14. The number of nitrogens with zero attached hydrogens (tertiary/aromatic N) is 4. The van der Waals surface area contributed by atoms with Gasteiger partial charge in [-0.3, -0.25) is 97.2 Å². The molecular formula is C67H76N14O21. The van der Waals surface area contributed by atoms with Gasteiger partial charge in [0.1, 0.15) is 47.8 Å². The molecule has 0 aromatic heterocycles. The summed E-state index contributed by atoms with van der Waals surface area (Å²) in [6.45, 7) is 5.76. The Hall–Kier alpha value is -12.6. The van der Waals surface area contributed by atoms with Crippen LogP contribution in [-0.4, -0.2) is 158 Å². The average molecular weight is 1410 g/mol. The molecule has 0 unspecified atom stereocenters.